The van der Waals surface area contributed by atoms with Gasteiger partial charge in [0.25, 0.3) is 0 Å². The van der Waals surface area contributed by atoms with Gasteiger partial charge >= 0.3 is 0 Å². The zero-order valence-corrected chi connectivity index (χ0v) is 6.53. The monoisotopic (exact) mass is 149 g/mol. The smallest absolute Gasteiger partial charge is 0.0806 e. The number of hydrogen-bond acceptors (Lipinski definition) is 2. The standard InChI is InChI=1S/C9H11NO/c1-6(5-10)8-4-7-2-3-9(8)11-7/h2-3,6-9H,4H2,1H3. The van der Waals surface area contributed by atoms with Gasteiger partial charge in [0.2, 0.25) is 0 Å². The van der Waals surface area contributed by atoms with Crippen LogP contribution in [-0.2, 0) is 4.74 Å². The fourth-order valence-electron chi connectivity index (χ4n) is 1.89. The highest BCUT2D eigenvalue weighted by Gasteiger charge is 2.39. The third-order valence-electron chi connectivity index (χ3n) is 2.62. The normalized spacial score (nSPS) is 42.4. The van der Waals surface area contributed by atoms with E-state index in [-0.39, 0.29) is 12.0 Å². The fourth-order valence-corrected chi connectivity index (χ4v) is 1.89. The molecule has 2 aliphatic rings. The summed E-state index contributed by atoms with van der Waals surface area (Å²) in [5, 5.41) is 8.69. The van der Waals surface area contributed by atoms with Crippen LogP contribution in [0.25, 0.3) is 0 Å². The van der Waals surface area contributed by atoms with Gasteiger partial charge < -0.3 is 4.74 Å². The summed E-state index contributed by atoms with van der Waals surface area (Å²) in [6.07, 6.45) is 5.77. The molecule has 0 spiro atoms. The molecule has 4 atom stereocenters. The molecule has 2 aliphatic heterocycles. The zero-order valence-electron chi connectivity index (χ0n) is 6.53. The lowest BCUT2D eigenvalue weighted by Gasteiger charge is -2.16. The summed E-state index contributed by atoms with van der Waals surface area (Å²) in [6.45, 7) is 1.97. The van der Waals surface area contributed by atoms with Crippen molar-refractivity contribution in [1.29, 1.82) is 5.26 Å². The van der Waals surface area contributed by atoms with Crippen LogP contribution in [0.1, 0.15) is 13.3 Å². The summed E-state index contributed by atoms with van der Waals surface area (Å²) in [5.74, 6) is 0.574. The first kappa shape index (κ1) is 6.87. The van der Waals surface area contributed by atoms with Crippen molar-refractivity contribution in [1.82, 2.24) is 0 Å². The van der Waals surface area contributed by atoms with E-state index in [4.69, 9.17) is 10.00 Å². The van der Waals surface area contributed by atoms with E-state index < -0.39 is 0 Å². The molecule has 2 rings (SSSR count). The van der Waals surface area contributed by atoms with Gasteiger partial charge in [-0.15, -0.1) is 0 Å². The van der Waals surface area contributed by atoms with Crippen molar-refractivity contribution in [3.8, 4) is 6.07 Å². The van der Waals surface area contributed by atoms with Crippen LogP contribution in [0, 0.1) is 23.2 Å². The van der Waals surface area contributed by atoms with Crippen molar-refractivity contribution in [3.05, 3.63) is 12.2 Å². The Hall–Kier alpha value is -0.810. The highest BCUT2D eigenvalue weighted by Crippen LogP contribution is 2.37. The third kappa shape index (κ3) is 0.965. The van der Waals surface area contributed by atoms with Gasteiger partial charge in [-0.25, -0.2) is 0 Å². The van der Waals surface area contributed by atoms with Crippen molar-refractivity contribution in [2.24, 2.45) is 11.8 Å². The van der Waals surface area contributed by atoms with E-state index in [0.717, 1.165) is 6.42 Å². The second-order valence-electron chi connectivity index (χ2n) is 3.34. The summed E-state index contributed by atoms with van der Waals surface area (Å²) in [7, 11) is 0. The van der Waals surface area contributed by atoms with Crippen molar-refractivity contribution in [2.45, 2.75) is 25.6 Å². The Balaban J connectivity index is 2.10. The maximum atomic E-state index is 8.69. The maximum absolute atomic E-state index is 8.69. The lowest BCUT2D eigenvalue weighted by atomic mass is 9.85. The molecule has 0 N–H and O–H groups in total. The molecule has 2 heteroatoms. The molecular weight excluding hydrogens is 138 g/mol. The van der Waals surface area contributed by atoms with E-state index in [1.165, 1.54) is 0 Å². The maximum Gasteiger partial charge on any atom is 0.0806 e. The predicted molar refractivity (Wildman–Crippen MR) is 40.7 cm³/mol. The number of ether oxygens (including phenoxy) is 1. The second-order valence-corrected chi connectivity index (χ2v) is 3.34. The van der Waals surface area contributed by atoms with Crippen LogP contribution in [0.4, 0.5) is 0 Å². The SMILES string of the molecule is CC(C#N)C1CC2C=CC1O2. The summed E-state index contributed by atoms with van der Waals surface area (Å²) < 4.78 is 5.55. The molecule has 0 aromatic rings. The minimum Gasteiger partial charge on any atom is -0.367 e. The van der Waals surface area contributed by atoms with Crippen molar-refractivity contribution in [2.75, 3.05) is 0 Å². The molecule has 0 aliphatic carbocycles. The number of fused-ring (bicyclic) bond motifs is 2. The molecule has 1 saturated heterocycles. The zero-order chi connectivity index (χ0) is 7.84. The number of hydrogen-bond donors (Lipinski definition) is 0. The van der Waals surface area contributed by atoms with Gasteiger partial charge in [0.05, 0.1) is 18.3 Å². The van der Waals surface area contributed by atoms with E-state index >= 15 is 0 Å². The van der Waals surface area contributed by atoms with Crippen molar-refractivity contribution >= 4 is 0 Å². The first-order chi connectivity index (χ1) is 5.31. The van der Waals surface area contributed by atoms with Gasteiger partial charge in [0, 0.05) is 11.8 Å². The molecular formula is C9H11NO. The van der Waals surface area contributed by atoms with Crippen LogP contribution in [0.2, 0.25) is 0 Å². The van der Waals surface area contributed by atoms with E-state index in [1.54, 1.807) is 0 Å². The topological polar surface area (TPSA) is 33.0 Å². The van der Waals surface area contributed by atoms with Crippen LogP contribution in [0.3, 0.4) is 0 Å². The quantitative estimate of drug-likeness (QED) is 0.529. The van der Waals surface area contributed by atoms with Crippen LogP contribution >= 0.6 is 0 Å². The molecule has 58 valence electrons. The average Bonchev–Trinajstić information content (AvgIpc) is 2.62. The van der Waals surface area contributed by atoms with Crippen molar-refractivity contribution in [3.63, 3.8) is 0 Å². The van der Waals surface area contributed by atoms with Crippen LogP contribution in [-0.4, -0.2) is 12.2 Å². The Labute approximate surface area is 66.5 Å². The Bertz CT molecular complexity index is 228. The average molecular weight is 149 g/mol. The Morgan fingerprint density at radius 2 is 2.45 bits per heavy atom. The van der Waals surface area contributed by atoms with Crippen LogP contribution < -0.4 is 0 Å². The largest absolute Gasteiger partial charge is 0.367 e. The Morgan fingerprint density at radius 3 is 2.91 bits per heavy atom. The van der Waals surface area contributed by atoms with Gasteiger partial charge in [-0.05, 0) is 13.3 Å². The van der Waals surface area contributed by atoms with E-state index in [0.29, 0.717) is 12.0 Å². The number of nitrogens with zero attached hydrogens (tertiary/aromatic N) is 1. The molecule has 0 aromatic carbocycles. The first-order valence-electron chi connectivity index (χ1n) is 4.04. The molecule has 0 aromatic heterocycles. The molecule has 2 bridgehead atoms. The Kier molecular flexibility index (Phi) is 1.47. The second kappa shape index (κ2) is 2.35. The predicted octanol–water partition coefficient (Wildman–Crippen LogP) is 1.49. The highest BCUT2D eigenvalue weighted by atomic mass is 16.5. The summed E-state index contributed by atoms with van der Waals surface area (Å²) in [4.78, 5) is 0. The molecule has 4 unspecified atom stereocenters. The molecule has 0 saturated carbocycles. The van der Waals surface area contributed by atoms with Crippen LogP contribution in [0.15, 0.2) is 12.2 Å². The third-order valence-corrected chi connectivity index (χ3v) is 2.62. The highest BCUT2D eigenvalue weighted by molar-refractivity contribution is 5.13. The lowest BCUT2D eigenvalue weighted by Crippen LogP contribution is -2.19. The molecule has 11 heavy (non-hydrogen) atoms. The van der Waals surface area contributed by atoms with Gasteiger partial charge in [-0.2, -0.15) is 5.26 Å². The van der Waals surface area contributed by atoms with Gasteiger partial charge in [0.1, 0.15) is 0 Å². The molecule has 2 heterocycles. The van der Waals surface area contributed by atoms with Crippen LogP contribution in [0.5, 0.6) is 0 Å². The van der Waals surface area contributed by atoms with Crippen molar-refractivity contribution < 1.29 is 4.74 Å². The molecule has 0 radical (unpaired) electrons. The molecule has 0 amide bonds. The Morgan fingerprint density at radius 1 is 1.64 bits per heavy atom. The fraction of sp³-hybridized carbons (Fsp3) is 0.667. The van der Waals surface area contributed by atoms with Gasteiger partial charge in [-0.1, -0.05) is 12.2 Å². The summed E-state index contributed by atoms with van der Waals surface area (Å²) in [6, 6.07) is 2.28. The lowest BCUT2D eigenvalue weighted by molar-refractivity contribution is 0.104. The van der Waals surface area contributed by atoms with E-state index in [9.17, 15) is 0 Å². The van der Waals surface area contributed by atoms with Gasteiger partial charge in [0.15, 0.2) is 0 Å². The summed E-state index contributed by atoms with van der Waals surface area (Å²) in [5.41, 5.74) is 0. The molecule has 2 nitrogen and oxygen atoms in total. The summed E-state index contributed by atoms with van der Waals surface area (Å²) >= 11 is 0. The first-order valence-corrected chi connectivity index (χ1v) is 4.04. The minimum atomic E-state index is 0.134. The minimum absolute atomic E-state index is 0.134. The number of rotatable bonds is 1. The van der Waals surface area contributed by atoms with E-state index in [2.05, 4.69) is 18.2 Å². The molecule has 1 fully saturated rings. The number of nitriles is 1. The van der Waals surface area contributed by atoms with E-state index in [1.807, 2.05) is 6.92 Å². The van der Waals surface area contributed by atoms with Gasteiger partial charge in [-0.3, -0.25) is 0 Å².